The molecule has 0 fully saturated rings. The molecule has 31 heavy (non-hydrogen) atoms. The van der Waals surface area contributed by atoms with E-state index in [1.165, 1.54) is 17.8 Å². The van der Waals surface area contributed by atoms with Crippen molar-refractivity contribution in [3.63, 3.8) is 0 Å². The van der Waals surface area contributed by atoms with Crippen LogP contribution in [0.1, 0.15) is 29.3 Å². The van der Waals surface area contributed by atoms with Gasteiger partial charge in [0.15, 0.2) is 6.61 Å². The highest BCUT2D eigenvalue weighted by Crippen LogP contribution is 2.21. The van der Waals surface area contributed by atoms with Crippen LogP contribution in [0, 0.1) is 19.7 Å². The zero-order valence-electron chi connectivity index (χ0n) is 17.2. The second-order valence-corrected chi connectivity index (χ2v) is 8.04. The number of aromatic nitrogens is 4. The fourth-order valence-corrected chi connectivity index (χ4v) is 3.51. The third-order valence-corrected chi connectivity index (χ3v) is 5.36. The molecule has 9 heteroatoms. The topological polar surface area (TPSA) is 87.1 Å². The van der Waals surface area contributed by atoms with E-state index in [0.717, 1.165) is 23.5 Å². The van der Waals surface area contributed by atoms with E-state index < -0.39 is 0 Å². The second kappa shape index (κ2) is 9.74. The molecular weight excluding hydrogens is 419 g/mol. The summed E-state index contributed by atoms with van der Waals surface area (Å²) >= 11 is 1.46. The number of halogens is 1. The minimum Gasteiger partial charge on any atom is -0.484 e. The highest BCUT2D eigenvalue weighted by molar-refractivity contribution is 7.99. The van der Waals surface area contributed by atoms with Crippen molar-refractivity contribution in [2.75, 3.05) is 5.75 Å². The maximum atomic E-state index is 13.7. The van der Waals surface area contributed by atoms with Crippen molar-refractivity contribution in [1.29, 1.82) is 0 Å². The Morgan fingerprint density at radius 1 is 1.06 bits per heavy atom. The van der Waals surface area contributed by atoms with Gasteiger partial charge in [-0.25, -0.2) is 4.39 Å². The summed E-state index contributed by atoms with van der Waals surface area (Å²) in [5.41, 5.74) is 2.30. The summed E-state index contributed by atoms with van der Waals surface area (Å²) in [5, 5.41) is 12.5. The summed E-state index contributed by atoms with van der Waals surface area (Å²) in [6.45, 7) is 3.94. The lowest BCUT2D eigenvalue weighted by Gasteiger charge is -2.03. The first-order valence-electron chi connectivity index (χ1n) is 9.80. The minimum atomic E-state index is -0.288. The predicted octanol–water partition coefficient (Wildman–Crippen LogP) is 5.18. The molecule has 2 aromatic heterocycles. The van der Waals surface area contributed by atoms with Gasteiger partial charge in [-0.15, -0.1) is 10.2 Å². The highest BCUT2D eigenvalue weighted by Gasteiger charge is 2.11. The normalized spacial score (nSPS) is 11.1. The van der Waals surface area contributed by atoms with Crippen molar-refractivity contribution in [1.82, 2.24) is 20.3 Å². The van der Waals surface area contributed by atoms with E-state index >= 15 is 0 Å². The average molecular weight is 441 g/mol. The van der Waals surface area contributed by atoms with Gasteiger partial charge in [0, 0.05) is 17.7 Å². The van der Waals surface area contributed by atoms with Crippen LogP contribution in [0.4, 0.5) is 4.39 Å². The maximum absolute atomic E-state index is 13.7. The fourth-order valence-electron chi connectivity index (χ4n) is 2.79. The van der Waals surface area contributed by atoms with Gasteiger partial charge in [-0.2, -0.15) is 4.98 Å². The molecule has 0 N–H and O–H groups in total. The molecule has 0 saturated heterocycles. The number of nitrogens with zero attached hydrogens (tertiary/aromatic N) is 4. The first-order chi connectivity index (χ1) is 15.1. The number of hydrogen-bond donors (Lipinski definition) is 0. The van der Waals surface area contributed by atoms with E-state index in [4.69, 9.17) is 13.7 Å². The Balaban J connectivity index is 1.21. The van der Waals surface area contributed by atoms with Crippen LogP contribution in [0.2, 0.25) is 0 Å². The number of rotatable bonds is 9. The molecule has 4 aromatic rings. The summed E-state index contributed by atoms with van der Waals surface area (Å²) in [4.78, 5) is 4.34. The minimum absolute atomic E-state index is 0.224. The lowest BCUT2D eigenvalue weighted by Crippen LogP contribution is -1.95. The molecule has 0 aliphatic carbocycles. The van der Waals surface area contributed by atoms with Crippen molar-refractivity contribution < 1.29 is 18.1 Å². The van der Waals surface area contributed by atoms with Gasteiger partial charge in [-0.3, -0.25) is 0 Å². The van der Waals surface area contributed by atoms with Gasteiger partial charge in [0.2, 0.25) is 11.7 Å². The van der Waals surface area contributed by atoms with Gasteiger partial charge >= 0.3 is 0 Å². The lowest BCUT2D eigenvalue weighted by atomic mass is 10.1. The smallest absolute Gasteiger partial charge is 0.276 e. The molecule has 0 spiro atoms. The molecule has 2 aromatic carbocycles. The van der Waals surface area contributed by atoms with Crippen LogP contribution in [0.15, 0.2) is 56.6 Å². The summed E-state index contributed by atoms with van der Waals surface area (Å²) in [6, 6.07) is 12.7. The van der Waals surface area contributed by atoms with Crippen LogP contribution >= 0.6 is 11.8 Å². The molecule has 4 rings (SSSR count). The molecule has 0 aliphatic rings. The van der Waals surface area contributed by atoms with Crippen LogP contribution in [-0.4, -0.2) is 26.1 Å². The number of aryl methyl sites for hydroxylation is 3. The van der Waals surface area contributed by atoms with Gasteiger partial charge in [-0.05, 0) is 49.6 Å². The third-order valence-electron chi connectivity index (χ3n) is 4.46. The Kier molecular flexibility index (Phi) is 6.61. The SMILES string of the molecule is Cc1cccc(OCc2nnc(SCCCc3nc(-c4ccc(C)c(F)c4)no3)o2)c1. The Bertz CT molecular complexity index is 1160. The van der Waals surface area contributed by atoms with Gasteiger partial charge < -0.3 is 13.7 Å². The molecule has 2 heterocycles. The zero-order valence-corrected chi connectivity index (χ0v) is 18.0. The summed E-state index contributed by atoms with van der Waals surface area (Å²) in [7, 11) is 0. The van der Waals surface area contributed by atoms with E-state index in [1.807, 2.05) is 31.2 Å². The number of ether oxygens (including phenoxy) is 1. The first kappa shape index (κ1) is 21.0. The highest BCUT2D eigenvalue weighted by atomic mass is 32.2. The summed E-state index contributed by atoms with van der Waals surface area (Å²) in [5.74, 6) is 2.54. The quantitative estimate of drug-likeness (QED) is 0.260. The van der Waals surface area contributed by atoms with Crippen molar-refractivity contribution >= 4 is 11.8 Å². The molecule has 7 nitrogen and oxygen atoms in total. The largest absolute Gasteiger partial charge is 0.484 e. The molecule has 0 atom stereocenters. The number of hydrogen-bond acceptors (Lipinski definition) is 8. The van der Waals surface area contributed by atoms with Crippen LogP contribution < -0.4 is 4.74 Å². The molecule has 0 aliphatic heterocycles. The van der Waals surface area contributed by atoms with E-state index in [-0.39, 0.29) is 12.4 Å². The zero-order chi connectivity index (χ0) is 21.6. The van der Waals surface area contributed by atoms with Crippen LogP contribution in [0.25, 0.3) is 11.4 Å². The lowest BCUT2D eigenvalue weighted by molar-refractivity contribution is 0.252. The van der Waals surface area contributed by atoms with E-state index in [2.05, 4.69) is 20.3 Å². The van der Waals surface area contributed by atoms with Gasteiger partial charge in [0.25, 0.3) is 11.1 Å². The van der Waals surface area contributed by atoms with Crippen LogP contribution in [0.5, 0.6) is 5.75 Å². The van der Waals surface area contributed by atoms with Crippen molar-refractivity contribution in [3.05, 3.63) is 71.2 Å². The number of thioether (sulfide) groups is 1. The summed E-state index contributed by atoms with van der Waals surface area (Å²) < 4.78 is 30.2. The van der Waals surface area contributed by atoms with Gasteiger partial charge in [-0.1, -0.05) is 41.2 Å². The van der Waals surface area contributed by atoms with Crippen LogP contribution in [0.3, 0.4) is 0 Å². The number of benzene rings is 2. The first-order valence-corrected chi connectivity index (χ1v) is 10.8. The Morgan fingerprint density at radius 3 is 2.81 bits per heavy atom. The molecular formula is C22H21FN4O3S. The Labute approximate surface area is 183 Å². The Morgan fingerprint density at radius 2 is 1.97 bits per heavy atom. The van der Waals surface area contributed by atoms with Crippen molar-refractivity contribution in [2.45, 2.75) is 38.5 Å². The van der Waals surface area contributed by atoms with Crippen LogP contribution in [-0.2, 0) is 13.0 Å². The maximum Gasteiger partial charge on any atom is 0.276 e. The molecule has 0 amide bonds. The molecule has 0 saturated carbocycles. The summed E-state index contributed by atoms with van der Waals surface area (Å²) in [6.07, 6.45) is 1.39. The molecule has 0 unspecified atom stereocenters. The van der Waals surface area contributed by atoms with Gasteiger partial charge in [0.1, 0.15) is 11.6 Å². The van der Waals surface area contributed by atoms with Crippen molar-refractivity contribution in [2.24, 2.45) is 0 Å². The second-order valence-electron chi connectivity index (χ2n) is 6.99. The van der Waals surface area contributed by atoms with Crippen molar-refractivity contribution in [3.8, 4) is 17.1 Å². The van der Waals surface area contributed by atoms with E-state index in [1.54, 1.807) is 19.1 Å². The van der Waals surface area contributed by atoms with E-state index in [0.29, 0.717) is 40.4 Å². The molecule has 160 valence electrons. The fraction of sp³-hybridized carbons (Fsp3) is 0.273. The van der Waals surface area contributed by atoms with E-state index in [9.17, 15) is 4.39 Å². The molecule has 0 bridgehead atoms. The molecule has 0 radical (unpaired) electrons. The monoisotopic (exact) mass is 440 g/mol. The van der Waals surface area contributed by atoms with Gasteiger partial charge in [0.05, 0.1) is 0 Å². The third kappa shape index (κ3) is 5.69. The Hall–Kier alpha value is -3.20. The predicted molar refractivity (Wildman–Crippen MR) is 113 cm³/mol. The standard InChI is InChI=1S/C22H21FN4O3S/c1-14-5-3-6-17(11-14)28-13-20-25-26-22(29-20)31-10-4-7-19-24-21(27-30-19)16-9-8-15(2)18(23)12-16/h3,5-6,8-9,11-12H,4,7,10,13H2,1-2H3. The average Bonchev–Trinajstić information content (AvgIpc) is 3.41.